The molecule has 1 aromatic heterocycles. The number of ether oxygens (including phenoxy) is 2. The van der Waals surface area contributed by atoms with Gasteiger partial charge in [0.05, 0.1) is 29.7 Å². The monoisotopic (exact) mass is 455 g/mol. The van der Waals surface area contributed by atoms with Gasteiger partial charge in [0.25, 0.3) is 0 Å². The summed E-state index contributed by atoms with van der Waals surface area (Å²) in [5, 5.41) is 15.2. The second-order valence-corrected chi connectivity index (χ2v) is 8.39. The molecule has 33 heavy (non-hydrogen) atoms. The Kier molecular flexibility index (Phi) is 9.00. The highest BCUT2D eigenvalue weighted by molar-refractivity contribution is 5.44. The first kappa shape index (κ1) is 24.9. The summed E-state index contributed by atoms with van der Waals surface area (Å²) in [7, 11) is 1.66. The number of halogens is 1. The van der Waals surface area contributed by atoms with Crippen LogP contribution in [-0.2, 0) is 11.3 Å². The molecule has 7 heteroatoms. The van der Waals surface area contributed by atoms with Gasteiger partial charge in [-0.25, -0.2) is 9.07 Å². The number of hydrogen-bond acceptors (Lipinski definition) is 5. The lowest BCUT2D eigenvalue weighted by Crippen LogP contribution is -2.34. The average molecular weight is 456 g/mol. The molecule has 178 valence electrons. The van der Waals surface area contributed by atoms with E-state index in [0.717, 1.165) is 16.9 Å². The number of hydrogen-bond donors (Lipinski definition) is 1. The third-order valence-corrected chi connectivity index (χ3v) is 5.49. The SMILES string of the molecule is CC[C@@H](O)CN(CCOC)Cc1c(C(C)C)nn(-c2ccccc2)c1Oc1ccccc1F. The van der Waals surface area contributed by atoms with Gasteiger partial charge in [-0.2, -0.15) is 5.10 Å². The fourth-order valence-corrected chi connectivity index (χ4v) is 3.65. The Hall–Kier alpha value is -2.74. The predicted octanol–water partition coefficient (Wildman–Crippen LogP) is 5.15. The van der Waals surface area contributed by atoms with Gasteiger partial charge in [-0.1, -0.05) is 51.1 Å². The molecule has 0 aliphatic carbocycles. The summed E-state index contributed by atoms with van der Waals surface area (Å²) in [6, 6.07) is 16.1. The summed E-state index contributed by atoms with van der Waals surface area (Å²) in [5.74, 6) is 0.299. The van der Waals surface area contributed by atoms with Crippen LogP contribution in [-0.4, -0.2) is 52.7 Å². The molecule has 2 aromatic carbocycles. The van der Waals surface area contributed by atoms with Crippen molar-refractivity contribution in [2.75, 3.05) is 26.8 Å². The van der Waals surface area contributed by atoms with Crippen molar-refractivity contribution >= 4 is 0 Å². The number of aromatic nitrogens is 2. The first-order valence-corrected chi connectivity index (χ1v) is 11.4. The summed E-state index contributed by atoms with van der Waals surface area (Å²) in [6.07, 6.45) is 0.201. The first-order valence-electron chi connectivity index (χ1n) is 11.4. The lowest BCUT2D eigenvalue weighted by Gasteiger charge is -2.25. The van der Waals surface area contributed by atoms with Crippen LogP contribution in [0.15, 0.2) is 54.6 Å². The van der Waals surface area contributed by atoms with E-state index in [2.05, 4.69) is 18.7 Å². The van der Waals surface area contributed by atoms with Gasteiger partial charge >= 0.3 is 0 Å². The van der Waals surface area contributed by atoms with Crippen LogP contribution in [0.2, 0.25) is 0 Å². The lowest BCUT2D eigenvalue weighted by atomic mass is 10.1. The zero-order valence-electron chi connectivity index (χ0n) is 19.9. The molecule has 0 bridgehead atoms. The van der Waals surface area contributed by atoms with E-state index in [1.54, 1.807) is 30.0 Å². The molecule has 0 saturated carbocycles. The number of aliphatic hydroxyl groups is 1. The minimum absolute atomic E-state index is 0.119. The van der Waals surface area contributed by atoms with Crippen LogP contribution >= 0.6 is 0 Å². The Bertz CT molecular complexity index is 1010. The van der Waals surface area contributed by atoms with E-state index in [0.29, 0.717) is 38.5 Å². The van der Waals surface area contributed by atoms with E-state index in [-0.39, 0.29) is 11.7 Å². The highest BCUT2D eigenvalue weighted by Gasteiger charge is 2.26. The van der Waals surface area contributed by atoms with Crippen LogP contribution in [0, 0.1) is 5.82 Å². The molecule has 3 aromatic rings. The molecular formula is C26H34FN3O3. The van der Waals surface area contributed by atoms with E-state index in [1.165, 1.54) is 6.07 Å². The molecule has 1 heterocycles. The summed E-state index contributed by atoms with van der Waals surface area (Å²) >= 11 is 0. The molecule has 0 saturated heterocycles. The van der Waals surface area contributed by atoms with Crippen molar-refractivity contribution in [1.29, 1.82) is 0 Å². The maximum absolute atomic E-state index is 14.5. The maximum Gasteiger partial charge on any atom is 0.227 e. The molecule has 0 fully saturated rings. The quantitative estimate of drug-likeness (QED) is 0.409. The van der Waals surface area contributed by atoms with Crippen molar-refractivity contribution in [3.05, 3.63) is 71.7 Å². The van der Waals surface area contributed by atoms with Crippen molar-refractivity contribution in [2.45, 2.75) is 45.8 Å². The molecule has 3 rings (SSSR count). The van der Waals surface area contributed by atoms with E-state index >= 15 is 0 Å². The number of nitrogens with zero attached hydrogens (tertiary/aromatic N) is 3. The second kappa shape index (κ2) is 11.9. The van der Waals surface area contributed by atoms with Gasteiger partial charge in [0, 0.05) is 26.7 Å². The van der Waals surface area contributed by atoms with Crippen LogP contribution in [0.5, 0.6) is 11.6 Å². The Morgan fingerprint density at radius 3 is 2.42 bits per heavy atom. The zero-order chi connectivity index (χ0) is 23.8. The average Bonchev–Trinajstić information content (AvgIpc) is 3.17. The van der Waals surface area contributed by atoms with Gasteiger partial charge in [-0.15, -0.1) is 0 Å². The van der Waals surface area contributed by atoms with Crippen LogP contribution in [0.1, 0.15) is 44.4 Å². The molecule has 6 nitrogen and oxygen atoms in total. The first-order chi connectivity index (χ1) is 15.9. The molecule has 0 aliphatic heterocycles. The minimum atomic E-state index is -0.454. The number of aliphatic hydroxyl groups excluding tert-OH is 1. The molecule has 1 atom stereocenters. The molecule has 0 unspecified atom stereocenters. The van der Waals surface area contributed by atoms with Crippen LogP contribution < -0.4 is 4.74 Å². The number of benzene rings is 2. The van der Waals surface area contributed by atoms with E-state index in [9.17, 15) is 9.50 Å². The van der Waals surface area contributed by atoms with Crippen molar-refractivity contribution < 1.29 is 19.0 Å². The van der Waals surface area contributed by atoms with E-state index in [4.69, 9.17) is 14.6 Å². The van der Waals surface area contributed by atoms with E-state index < -0.39 is 11.9 Å². The summed E-state index contributed by atoms with van der Waals surface area (Å²) in [4.78, 5) is 2.13. The van der Waals surface area contributed by atoms with Crippen LogP contribution in [0.4, 0.5) is 4.39 Å². The van der Waals surface area contributed by atoms with Crippen molar-refractivity contribution in [2.24, 2.45) is 0 Å². The highest BCUT2D eigenvalue weighted by Crippen LogP contribution is 2.35. The zero-order valence-corrected chi connectivity index (χ0v) is 19.9. The minimum Gasteiger partial charge on any atom is -0.435 e. The van der Waals surface area contributed by atoms with Crippen LogP contribution in [0.25, 0.3) is 5.69 Å². The summed E-state index contributed by atoms with van der Waals surface area (Å²) in [5.41, 5.74) is 2.57. The topological polar surface area (TPSA) is 59.8 Å². The smallest absolute Gasteiger partial charge is 0.227 e. The number of para-hydroxylation sites is 2. The highest BCUT2D eigenvalue weighted by atomic mass is 19.1. The number of methoxy groups -OCH3 is 1. The van der Waals surface area contributed by atoms with Gasteiger partial charge < -0.3 is 14.6 Å². The van der Waals surface area contributed by atoms with Crippen LogP contribution in [0.3, 0.4) is 0 Å². The van der Waals surface area contributed by atoms with Crippen molar-refractivity contribution in [3.63, 3.8) is 0 Å². The molecule has 0 amide bonds. The molecule has 1 N–H and O–H groups in total. The van der Waals surface area contributed by atoms with Gasteiger partial charge in [-0.05, 0) is 36.6 Å². The fourth-order valence-electron chi connectivity index (χ4n) is 3.65. The third kappa shape index (κ3) is 6.41. The van der Waals surface area contributed by atoms with Gasteiger partial charge in [0.15, 0.2) is 11.6 Å². The van der Waals surface area contributed by atoms with E-state index in [1.807, 2.05) is 37.3 Å². The van der Waals surface area contributed by atoms with Gasteiger partial charge in [0.1, 0.15) is 0 Å². The Balaban J connectivity index is 2.11. The van der Waals surface area contributed by atoms with Crippen molar-refractivity contribution in [1.82, 2.24) is 14.7 Å². The normalized spacial score (nSPS) is 12.5. The summed E-state index contributed by atoms with van der Waals surface area (Å²) < 4.78 is 27.8. The molecular weight excluding hydrogens is 421 g/mol. The Labute approximate surface area is 195 Å². The fraction of sp³-hybridized carbons (Fsp3) is 0.423. The van der Waals surface area contributed by atoms with Gasteiger partial charge in [-0.3, -0.25) is 4.90 Å². The lowest BCUT2D eigenvalue weighted by molar-refractivity contribution is 0.0824. The molecule has 0 radical (unpaired) electrons. The predicted molar refractivity (Wildman–Crippen MR) is 128 cm³/mol. The molecule has 0 spiro atoms. The Morgan fingerprint density at radius 2 is 1.79 bits per heavy atom. The number of rotatable bonds is 12. The Morgan fingerprint density at radius 1 is 1.09 bits per heavy atom. The second-order valence-electron chi connectivity index (χ2n) is 8.39. The van der Waals surface area contributed by atoms with Crippen molar-refractivity contribution in [3.8, 4) is 17.3 Å². The molecule has 0 aliphatic rings. The van der Waals surface area contributed by atoms with Gasteiger partial charge in [0.2, 0.25) is 5.88 Å². The standard InChI is InChI=1S/C26H34FN3O3/c1-5-21(31)17-29(15-16-32-4)18-22-25(19(2)3)28-30(20-11-7-6-8-12-20)26(22)33-24-14-10-9-13-23(24)27/h6-14,19,21,31H,5,15-18H2,1-4H3/t21-/m1/s1. The maximum atomic E-state index is 14.5. The third-order valence-electron chi connectivity index (χ3n) is 5.49. The largest absolute Gasteiger partial charge is 0.435 e. The summed E-state index contributed by atoms with van der Waals surface area (Å²) in [6.45, 7) is 8.27.